The van der Waals surface area contributed by atoms with Crippen LogP contribution in [-0.4, -0.2) is 29.9 Å². The highest BCUT2D eigenvalue weighted by Gasteiger charge is 2.17. The van der Waals surface area contributed by atoms with Gasteiger partial charge in [-0.15, -0.1) is 0 Å². The second kappa shape index (κ2) is 10.9. The standard InChI is InChI=1S/C28H22ClFN6O/c1-36(2)26(37)10-19-9-22(33-15-18-5-3-4-17(8-18)13-31)11-23-27(19)34-16-20(14-32)28(23)35-21-6-7-25(30)24(29)12-21/h3-9,11-12,16,33H,10,15H2,1-2H3,(H,34,35). The Hall–Kier alpha value is -4.66. The normalized spacial score (nSPS) is 10.4. The number of rotatable bonds is 7. The number of aromatic nitrogens is 1. The average Bonchev–Trinajstić information content (AvgIpc) is 2.89. The average molecular weight is 513 g/mol. The number of nitriles is 2. The maximum atomic E-state index is 13.7. The number of hydrogen-bond donors (Lipinski definition) is 2. The van der Waals surface area contributed by atoms with E-state index in [1.54, 1.807) is 26.2 Å². The molecule has 7 nitrogen and oxygen atoms in total. The second-order valence-electron chi connectivity index (χ2n) is 8.57. The summed E-state index contributed by atoms with van der Waals surface area (Å²) in [5.74, 6) is -0.657. The Morgan fingerprint density at radius 3 is 2.59 bits per heavy atom. The lowest BCUT2D eigenvalue weighted by Gasteiger charge is -2.17. The minimum atomic E-state index is -0.552. The molecule has 0 aliphatic heterocycles. The van der Waals surface area contributed by atoms with Gasteiger partial charge in [0.15, 0.2) is 0 Å². The van der Waals surface area contributed by atoms with Crippen LogP contribution in [0.3, 0.4) is 0 Å². The molecule has 0 aliphatic rings. The van der Waals surface area contributed by atoms with E-state index in [0.29, 0.717) is 45.6 Å². The van der Waals surface area contributed by atoms with E-state index in [0.717, 1.165) is 5.56 Å². The summed E-state index contributed by atoms with van der Waals surface area (Å²) in [7, 11) is 3.36. The summed E-state index contributed by atoms with van der Waals surface area (Å²) in [6, 6.07) is 19.4. The van der Waals surface area contributed by atoms with Crippen LogP contribution >= 0.6 is 11.6 Å². The van der Waals surface area contributed by atoms with Gasteiger partial charge in [0.1, 0.15) is 11.9 Å². The first kappa shape index (κ1) is 25.4. The first-order valence-corrected chi connectivity index (χ1v) is 11.7. The van der Waals surface area contributed by atoms with Gasteiger partial charge in [-0.3, -0.25) is 9.78 Å². The Labute approximate surface area is 218 Å². The monoisotopic (exact) mass is 512 g/mol. The van der Waals surface area contributed by atoms with Gasteiger partial charge in [-0.2, -0.15) is 10.5 Å². The van der Waals surface area contributed by atoms with Crippen molar-refractivity contribution in [2.75, 3.05) is 24.7 Å². The third kappa shape index (κ3) is 5.78. The Kier molecular flexibility index (Phi) is 7.52. The molecule has 4 rings (SSSR count). The zero-order valence-corrected chi connectivity index (χ0v) is 20.9. The fraction of sp³-hybridized carbons (Fsp3) is 0.143. The van der Waals surface area contributed by atoms with Gasteiger partial charge in [-0.25, -0.2) is 4.39 Å². The van der Waals surface area contributed by atoms with Crippen molar-refractivity contribution in [2.24, 2.45) is 0 Å². The highest BCUT2D eigenvalue weighted by atomic mass is 35.5. The minimum Gasteiger partial charge on any atom is -0.381 e. The molecule has 4 aromatic rings. The van der Waals surface area contributed by atoms with E-state index in [2.05, 4.69) is 27.8 Å². The maximum Gasteiger partial charge on any atom is 0.226 e. The fourth-order valence-electron chi connectivity index (χ4n) is 3.83. The van der Waals surface area contributed by atoms with Crippen LogP contribution in [0.2, 0.25) is 5.02 Å². The summed E-state index contributed by atoms with van der Waals surface area (Å²) in [6.07, 6.45) is 1.55. The van der Waals surface area contributed by atoms with Gasteiger partial charge < -0.3 is 15.5 Å². The van der Waals surface area contributed by atoms with Gasteiger partial charge in [0.05, 0.1) is 39.8 Å². The molecular weight excluding hydrogens is 491 g/mol. The lowest BCUT2D eigenvalue weighted by atomic mass is 10.0. The Balaban J connectivity index is 1.82. The lowest BCUT2D eigenvalue weighted by molar-refractivity contribution is -0.127. The molecule has 0 saturated carbocycles. The Bertz CT molecular complexity index is 1590. The number of halogens is 2. The molecule has 0 aliphatic carbocycles. The summed E-state index contributed by atoms with van der Waals surface area (Å²) in [4.78, 5) is 18.6. The van der Waals surface area contributed by atoms with Crippen LogP contribution in [0.25, 0.3) is 10.9 Å². The molecule has 184 valence electrons. The molecule has 1 aromatic heterocycles. The highest BCUT2D eigenvalue weighted by Crippen LogP contribution is 2.34. The molecule has 3 aromatic carbocycles. The number of carbonyl (C=O) groups excluding carboxylic acids is 1. The number of benzene rings is 3. The number of likely N-dealkylation sites (N-methyl/N-ethyl adjacent to an activating group) is 1. The van der Waals surface area contributed by atoms with Crippen molar-refractivity contribution in [3.63, 3.8) is 0 Å². The van der Waals surface area contributed by atoms with Crippen LogP contribution in [0.15, 0.2) is 60.8 Å². The number of nitrogens with one attached hydrogen (secondary N) is 2. The highest BCUT2D eigenvalue weighted by molar-refractivity contribution is 6.31. The van der Waals surface area contributed by atoms with E-state index >= 15 is 0 Å². The number of pyridine rings is 1. The molecule has 1 amide bonds. The van der Waals surface area contributed by atoms with E-state index in [-0.39, 0.29) is 22.9 Å². The molecule has 37 heavy (non-hydrogen) atoms. The fourth-order valence-corrected chi connectivity index (χ4v) is 4.01. The van der Waals surface area contributed by atoms with E-state index < -0.39 is 5.82 Å². The van der Waals surface area contributed by atoms with Crippen molar-refractivity contribution in [1.82, 2.24) is 9.88 Å². The van der Waals surface area contributed by atoms with Crippen LogP contribution in [0.5, 0.6) is 0 Å². The third-order valence-corrected chi connectivity index (χ3v) is 6.04. The predicted molar refractivity (Wildman–Crippen MR) is 142 cm³/mol. The lowest BCUT2D eigenvalue weighted by Crippen LogP contribution is -2.23. The molecule has 0 spiro atoms. The molecule has 0 atom stereocenters. The van der Waals surface area contributed by atoms with Gasteiger partial charge in [-0.05, 0) is 53.6 Å². The number of amides is 1. The number of carbonyl (C=O) groups is 1. The molecule has 0 bridgehead atoms. The second-order valence-corrected chi connectivity index (χ2v) is 8.98. The molecule has 0 radical (unpaired) electrons. The zero-order valence-electron chi connectivity index (χ0n) is 20.1. The van der Waals surface area contributed by atoms with E-state index in [4.69, 9.17) is 11.6 Å². The predicted octanol–water partition coefficient (Wildman–Crippen LogP) is 5.76. The maximum absolute atomic E-state index is 13.7. The number of anilines is 3. The topological polar surface area (TPSA) is 105 Å². The van der Waals surface area contributed by atoms with Crippen LogP contribution < -0.4 is 10.6 Å². The van der Waals surface area contributed by atoms with Crippen LogP contribution in [0.1, 0.15) is 22.3 Å². The molecule has 2 N–H and O–H groups in total. The number of nitrogens with zero attached hydrogens (tertiary/aromatic N) is 4. The van der Waals surface area contributed by atoms with Crippen molar-refractivity contribution in [2.45, 2.75) is 13.0 Å². The largest absolute Gasteiger partial charge is 0.381 e. The Morgan fingerprint density at radius 2 is 1.89 bits per heavy atom. The van der Waals surface area contributed by atoms with Crippen LogP contribution in [0.4, 0.5) is 21.5 Å². The van der Waals surface area contributed by atoms with Gasteiger partial charge in [0.25, 0.3) is 0 Å². The molecule has 0 unspecified atom stereocenters. The van der Waals surface area contributed by atoms with Crippen LogP contribution in [0, 0.1) is 28.5 Å². The molecule has 0 fully saturated rings. The summed E-state index contributed by atoms with van der Waals surface area (Å²) in [5.41, 5.74) is 4.63. The van der Waals surface area contributed by atoms with Crippen molar-refractivity contribution >= 4 is 45.5 Å². The first-order valence-electron chi connectivity index (χ1n) is 11.3. The van der Waals surface area contributed by atoms with Gasteiger partial charge in [0.2, 0.25) is 5.91 Å². The van der Waals surface area contributed by atoms with Crippen molar-refractivity contribution < 1.29 is 9.18 Å². The van der Waals surface area contributed by atoms with Gasteiger partial charge in [0, 0.05) is 43.6 Å². The summed E-state index contributed by atoms with van der Waals surface area (Å²) < 4.78 is 13.7. The van der Waals surface area contributed by atoms with Crippen molar-refractivity contribution in [3.05, 3.63) is 93.9 Å². The quantitative estimate of drug-likeness (QED) is 0.326. The smallest absolute Gasteiger partial charge is 0.226 e. The number of hydrogen-bond acceptors (Lipinski definition) is 6. The summed E-state index contributed by atoms with van der Waals surface area (Å²) >= 11 is 5.97. The summed E-state index contributed by atoms with van der Waals surface area (Å²) in [6.45, 7) is 0.434. The first-order chi connectivity index (χ1) is 17.8. The van der Waals surface area contributed by atoms with Crippen LogP contribution in [-0.2, 0) is 17.8 Å². The minimum absolute atomic E-state index is 0.0545. The molecule has 9 heteroatoms. The van der Waals surface area contributed by atoms with Gasteiger partial charge in [-0.1, -0.05) is 23.7 Å². The van der Waals surface area contributed by atoms with Gasteiger partial charge >= 0.3 is 0 Å². The zero-order chi connectivity index (χ0) is 26.5. The van der Waals surface area contributed by atoms with Crippen molar-refractivity contribution in [3.8, 4) is 12.1 Å². The number of fused-ring (bicyclic) bond motifs is 1. The molecule has 0 saturated heterocycles. The summed E-state index contributed by atoms with van der Waals surface area (Å²) in [5, 5.41) is 26.1. The van der Waals surface area contributed by atoms with E-state index in [1.807, 2.05) is 24.3 Å². The Morgan fingerprint density at radius 1 is 1.08 bits per heavy atom. The SMILES string of the molecule is CN(C)C(=O)Cc1cc(NCc2cccc(C#N)c2)cc2c(Nc3ccc(F)c(Cl)c3)c(C#N)cnc12. The molecule has 1 heterocycles. The van der Waals surface area contributed by atoms with E-state index in [1.165, 1.54) is 29.3 Å². The molecular formula is C28H22ClFN6O. The van der Waals surface area contributed by atoms with E-state index in [9.17, 15) is 19.7 Å². The third-order valence-electron chi connectivity index (χ3n) is 5.75. The van der Waals surface area contributed by atoms with Crippen molar-refractivity contribution in [1.29, 1.82) is 10.5 Å².